The van der Waals surface area contributed by atoms with Gasteiger partial charge in [0, 0.05) is 24.1 Å². The average Bonchev–Trinajstić information content (AvgIpc) is 2.60. The van der Waals surface area contributed by atoms with Gasteiger partial charge in [0.25, 0.3) is 0 Å². The van der Waals surface area contributed by atoms with E-state index in [9.17, 15) is 9.59 Å². The van der Waals surface area contributed by atoms with E-state index in [1.54, 1.807) is 12.1 Å². The molecule has 2 rings (SSSR count). The lowest BCUT2D eigenvalue weighted by Crippen LogP contribution is -2.20. The Morgan fingerprint density at radius 3 is 2.17 bits per heavy atom. The second-order valence-electron chi connectivity index (χ2n) is 5.92. The number of esters is 1. The lowest BCUT2D eigenvalue weighted by Gasteiger charge is -2.10. The van der Waals surface area contributed by atoms with E-state index in [-0.39, 0.29) is 11.8 Å². The van der Waals surface area contributed by atoms with Crippen molar-refractivity contribution in [2.45, 2.75) is 12.8 Å². The maximum atomic E-state index is 12.3. The summed E-state index contributed by atoms with van der Waals surface area (Å²) in [5.41, 5.74) is 2.34. The number of likely N-dealkylation sites (N-methyl/N-ethyl adjacent to an activating group) is 1. The summed E-state index contributed by atoms with van der Waals surface area (Å²) < 4.78 is 5.16. The van der Waals surface area contributed by atoms with Gasteiger partial charge in [0.2, 0.25) is 0 Å². The number of carbonyl (C=O) groups is 2. The first-order valence-electron chi connectivity index (χ1n) is 8.05. The molecule has 0 radical (unpaired) electrons. The number of ether oxygens (including phenoxy) is 1. The van der Waals surface area contributed by atoms with Gasteiger partial charge in [-0.1, -0.05) is 54.6 Å². The maximum Gasteiger partial charge on any atom is 0.306 e. The van der Waals surface area contributed by atoms with Gasteiger partial charge in [0.15, 0.2) is 5.78 Å². The van der Waals surface area contributed by atoms with Crippen LogP contribution < -0.4 is 0 Å². The summed E-state index contributed by atoms with van der Waals surface area (Å²) in [4.78, 5) is 26.0. The zero-order chi connectivity index (χ0) is 17.4. The molecule has 0 atom stereocenters. The summed E-state index contributed by atoms with van der Waals surface area (Å²) in [6.07, 6.45) is 0.958. The van der Waals surface area contributed by atoms with Crippen molar-refractivity contribution in [1.82, 2.24) is 4.90 Å². The van der Waals surface area contributed by atoms with Crippen molar-refractivity contribution in [3.05, 3.63) is 71.3 Å². The molecule has 24 heavy (non-hydrogen) atoms. The van der Waals surface area contributed by atoms with Gasteiger partial charge in [-0.2, -0.15) is 0 Å². The number of nitrogens with zero attached hydrogens (tertiary/aromatic N) is 1. The largest absolute Gasteiger partial charge is 0.464 e. The molecule has 2 aromatic carbocycles. The van der Waals surface area contributed by atoms with E-state index in [1.807, 2.05) is 61.5 Å². The Bertz CT molecular complexity index is 663. The molecule has 0 aliphatic rings. The van der Waals surface area contributed by atoms with Crippen LogP contribution in [0.1, 0.15) is 27.9 Å². The van der Waals surface area contributed by atoms with Crippen molar-refractivity contribution in [3.8, 4) is 0 Å². The van der Waals surface area contributed by atoms with E-state index >= 15 is 0 Å². The van der Waals surface area contributed by atoms with Gasteiger partial charge >= 0.3 is 5.97 Å². The molecule has 0 saturated carbocycles. The minimum atomic E-state index is -0.193. The summed E-state index contributed by atoms with van der Waals surface area (Å²) in [5, 5.41) is 0. The van der Waals surface area contributed by atoms with Crippen LogP contribution in [0.25, 0.3) is 0 Å². The second-order valence-corrected chi connectivity index (χ2v) is 5.92. The lowest BCUT2D eigenvalue weighted by molar-refractivity contribution is -0.143. The van der Waals surface area contributed by atoms with E-state index in [1.165, 1.54) is 0 Å². The molecule has 2 aromatic rings. The minimum absolute atomic E-state index is 0.00486. The van der Waals surface area contributed by atoms with Crippen LogP contribution in [0, 0.1) is 0 Å². The normalized spacial score (nSPS) is 10.6. The molecule has 0 saturated heterocycles. The minimum Gasteiger partial charge on any atom is -0.464 e. The van der Waals surface area contributed by atoms with Gasteiger partial charge in [0.05, 0.1) is 0 Å². The highest BCUT2D eigenvalue weighted by Crippen LogP contribution is 2.12. The number of benzene rings is 2. The highest BCUT2D eigenvalue weighted by Gasteiger charge is 2.09. The summed E-state index contributed by atoms with van der Waals surface area (Å²) in [6, 6.07) is 16.6. The van der Waals surface area contributed by atoms with Gasteiger partial charge in [-0.3, -0.25) is 9.59 Å². The standard InChI is InChI=1S/C20H23NO3/c1-21(2)14-15-24-19(22)13-10-16-8-11-18(12-9-16)20(23)17-6-4-3-5-7-17/h3-9,11-12H,10,13-15H2,1-2H3. The van der Waals surface area contributed by atoms with Crippen LogP contribution in [0.4, 0.5) is 0 Å². The zero-order valence-corrected chi connectivity index (χ0v) is 14.2. The molecule has 126 valence electrons. The van der Waals surface area contributed by atoms with Gasteiger partial charge in [-0.15, -0.1) is 0 Å². The van der Waals surface area contributed by atoms with Crippen molar-refractivity contribution < 1.29 is 14.3 Å². The smallest absolute Gasteiger partial charge is 0.306 e. The monoisotopic (exact) mass is 325 g/mol. The molecule has 0 aromatic heterocycles. The van der Waals surface area contributed by atoms with Crippen LogP contribution in [-0.2, 0) is 16.0 Å². The fourth-order valence-corrected chi connectivity index (χ4v) is 2.24. The molecule has 0 aliphatic carbocycles. The molecule has 4 nitrogen and oxygen atoms in total. The van der Waals surface area contributed by atoms with Crippen LogP contribution in [0.5, 0.6) is 0 Å². The van der Waals surface area contributed by atoms with Gasteiger partial charge in [0.1, 0.15) is 6.61 Å². The Labute approximate surface area is 143 Å². The highest BCUT2D eigenvalue weighted by atomic mass is 16.5. The van der Waals surface area contributed by atoms with Crippen molar-refractivity contribution in [3.63, 3.8) is 0 Å². The predicted octanol–water partition coefficient (Wildman–Crippen LogP) is 2.96. The number of hydrogen-bond donors (Lipinski definition) is 0. The molecule has 0 unspecified atom stereocenters. The summed E-state index contributed by atoms with van der Waals surface area (Å²) in [7, 11) is 3.87. The van der Waals surface area contributed by atoms with Crippen molar-refractivity contribution in [1.29, 1.82) is 0 Å². The third-order valence-electron chi connectivity index (χ3n) is 3.67. The summed E-state index contributed by atoms with van der Waals surface area (Å²) >= 11 is 0. The molecule has 4 heteroatoms. The van der Waals surface area contributed by atoms with E-state index in [2.05, 4.69) is 0 Å². The number of ketones is 1. The third kappa shape index (κ3) is 5.63. The Hall–Kier alpha value is -2.46. The molecule has 0 N–H and O–H groups in total. The number of rotatable bonds is 8. The first-order chi connectivity index (χ1) is 11.6. The van der Waals surface area contributed by atoms with Crippen molar-refractivity contribution in [2.75, 3.05) is 27.2 Å². The van der Waals surface area contributed by atoms with Gasteiger partial charge in [-0.05, 0) is 26.1 Å². The predicted molar refractivity (Wildman–Crippen MR) is 94.2 cm³/mol. The van der Waals surface area contributed by atoms with Crippen LogP contribution in [0.2, 0.25) is 0 Å². The Balaban J connectivity index is 1.84. The van der Waals surface area contributed by atoms with E-state index in [0.29, 0.717) is 30.6 Å². The molecule has 0 fully saturated rings. The molecule has 0 aliphatic heterocycles. The molecule has 0 heterocycles. The van der Waals surface area contributed by atoms with Crippen molar-refractivity contribution in [2.24, 2.45) is 0 Å². The van der Waals surface area contributed by atoms with Gasteiger partial charge < -0.3 is 9.64 Å². The quantitative estimate of drug-likeness (QED) is 0.553. The van der Waals surface area contributed by atoms with E-state index in [4.69, 9.17) is 4.74 Å². The lowest BCUT2D eigenvalue weighted by atomic mass is 10.0. The zero-order valence-electron chi connectivity index (χ0n) is 14.2. The van der Waals surface area contributed by atoms with Crippen LogP contribution >= 0.6 is 0 Å². The topological polar surface area (TPSA) is 46.6 Å². The fourth-order valence-electron chi connectivity index (χ4n) is 2.24. The maximum absolute atomic E-state index is 12.3. The Morgan fingerprint density at radius 1 is 0.917 bits per heavy atom. The Morgan fingerprint density at radius 2 is 1.54 bits per heavy atom. The number of carbonyl (C=O) groups excluding carboxylic acids is 2. The molecular weight excluding hydrogens is 302 g/mol. The summed E-state index contributed by atoms with van der Waals surface area (Å²) in [6.45, 7) is 1.14. The fraction of sp³-hybridized carbons (Fsp3) is 0.300. The van der Waals surface area contributed by atoms with Crippen LogP contribution in [0.15, 0.2) is 54.6 Å². The van der Waals surface area contributed by atoms with Crippen LogP contribution in [-0.4, -0.2) is 43.9 Å². The molecule has 0 bridgehead atoms. The molecular formula is C20H23NO3. The first kappa shape index (κ1) is 17.9. The SMILES string of the molecule is CN(C)CCOC(=O)CCc1ccc(C(=O)c2ccccc2)cc1. The van der Waals surface area contributed by atoms with E-state index < -0.39 is 0 Å². The number of hydrogen-bond acceptors (Lipinski definition) is 4. The number of aryl methyl sites for hydroxylation is 1. The first-order valence-corrected chi connectivity index (χ1v) is 8.05. The molecule has 0 amide bonds. The second kappa shape index (κ2) is 8.99. The van der Waals surface area contributed by atoms with Crippen LogP contribution in [0.3, 0.4) is 0 Å². The average molecular weight is 325 g/mol. The van der Waals surface area contributed by atoms with E-state index in [0.717, 1.165) is 12.1 Å². The Kier molecular flexibility index (Phi) is 6.70. The highest BCUT2D eigenvalue weighted by molar-refractivity contribution is 6.08. The molecule has 0 spiro atoms. The van der Waals surface area contributed by atoms with Gasteiger partial charge in [-0.25, -0.2) is 0 Å². The summed E-state index contributed by atoms with van der Waals surface area (Å²) in [5.74, 6) is -0.188. The third-order valence-corrected chi connectivity index (χ3v) is 3.67. The van der Waals surface area contributed by atoms with Crippen molar-refractivity contribution >= 4 is 11.8 Å².